The predicted octanol–water partition coefficient (Wildman–Crippen LogP) is 3.03. The number of rotatable bonds is 7. The molecule has 2 N–H and O–H groups in total. The van der Waals surface area contributed by atoms with Gasteiger partial charge in [0, 0.05) is 24.7 Å². The summed E-state index contributed by atoms with van der Waals surface area (Å²) in [6, 6.07) is 5.75. The van der Waals surface area contributed by atoms with Crippen molar-refractivity contribution in [1.82, 2.24) is 20.5 Å². The predicted molar refractivity (Wildman–Crippen MR) is 119 cm³/mol. The number of aliphatic imine (C=N–C) groups is 1. The lowest BCUT2D eigenvalue weighted by Gasteiger charge is -2.41. The van der Waals surface area contributed by atoms with Crippen LogP contribution in [0.5, 0.6) is 5.88 Å². The van der Waals surface area contributed by atoms with Gasteiger partial charge in [-0.2, -0.15) is 0 Å². The molecule has 1 aromatic rings. The van der Waals surface area contributed by atoms with E-state index >= 15 is 0 Å². The van der Waals surface area contributed by atoms with Crippen LogP contribution < -0.4 is 15.4 Å². The van der Waals surface area contributed by atoms with Crippen molar-refractivity contribution in [3.63, 3.8) is 0 Å². The number of hydrogen-bond acceptors (Lipinski definition) is 4. The van der Waals surface area contributed by atoms with Crippen molar-refractivity contribution in [2.75, 3.05) is 33.3 Å². The van der Waals surface area contributed by atoms with Crippen LogP contribution in [0.1, 0.15) is 45.7 Å². The molecule has 6 nitrogen and oxygen atoms in total. The van der Waals surface area contributed by atoms with E-state index in [1.165, 1.54) is 32.4 Å². The van der Waals surface area contributed by atoms with Gasteiger partial charge in [0.1, 0.15) is 0 Å². The fourth-order valence-corrected chi connectivity index (χ4v) is 3.07. The molecule has 2 rings (SSSR count). The van der Waals surface area contributed by atoms with Gasteiger partial charge >= 0.3 is 0 Å². The monoisotopic (exact) mass is 475 g/mol. The molecule has 7 heteroatoms. The number of guanidine groups is 1. The first-order valence-electron chi connectivity index (χ1n) is 9.32. The van der Waals surface area contributed by atoms with E-state index in [0.29, 0.717) is 12.4 Å². The summed E-state index contributed by atoms with van der Waals surface area (Å²) in [5.41, 5.74) is 1.01. The number of methoxy groups -OCH3 is 1. The minimum absolute atomic E-state index is 0. The van der Waals surface area contributed by atoms with Crippen LogP contribution in [-0.4, -0.2) is 54.7 Å². The van der Waals surface area contributed by atoms with Gasteiger partial charge < -0.3 is 15.4 Å². The van der Waals surface area contributed by atoms with Gasteiger partial charge in [0.2, 0.25) is 5.88 Å². The molecular weight excluding hydrogens is 441 g/mol. The number of nitrogens with one attached hydrogen (secondary N) is 2. The van der Waals surface area contributed by atoms with E-state index in [-0.39, 0.29) is 29.5 Å². The van der Waals surface area contributed by atoms with Crippen LogP contribution in [0, 0.1) is 0 Å². The van der Waals surface area contributed by atoms with Crippen molar-refractivity contribution in [2.45, 2.75) is 52.1 Å². The van der Waals surface area contributed by atoms with Crippen LogP contribution in [0.2, 0.25) is 0 Å². The third-order valence-electron chi connectivity index (χ3n) is 4.63. The Morgan fingerprint density at radius 3 is 2.62 bits per heavy atom. The molecule has 0 atom stereocenters. The molecule has 1 fully saturated rings. The summed E-state index contributed by atoms with van der Waals surface area (Å²) in [6.45, 7) is 11.3. The molecule has 0 aromatic carbocycles. The molecule has 0 aliphatic carbocycles. The molecule has 0 bridgehead atoms. The first-order chi connectivity index (χ1) is 12.0. The third-order valence-corrected chi connectivity index (χ3v) is 4.63. The maximum Gasteiger partial charge on any atom is 0.213 e. The molecule has 1 aliphatic rings. The normalized spacial score (nSPS) is 15.9. The van der Waals surface area contributed by atoms with Crippen molar-refractivity contribution in [3.8, 4) is 5.88 Å². The van der Waals surface area contributed by atoms with Crippen molar-refractivity contribution in [1.29, 1.82) is 0 Å². The Kier molecular flexibility index (Phi) is 10.2. The second kappa shape index (κ2) is 11.6. The number of ether oxygens (including phenoxy) is 1. The quantitative estimate of drug-likeness (QED) is 0.361. The minimum Gasteiger partial charge on any atom is -0.481 e. The zero-order chi connectivity index (χ0) is 18.1. The fourth-order valence-electron chi connectivity index (χ4n) is 3.07. The van der Waals surface area contributed by atoms with Gasteiger partial charge in [-0.15, -0.1) is 24.0 Å². The van der Waals surface area contributed by atoms with Crippen LogP contribution in [0.3, 0.4) is 0 Å². The summed E-state index contributed by atoms with van der Waals surface area (Å²) in [5, 5.41) is 6.81. The Balaban J connectivity index is 0.00000338. The fraction of sp³-hybridized carbons (Fsp3) is 0.684. The van der Waals surface area contributed by atoms with Crippen LogP contribution >= 0.6 is 24.0 Å². The second-order valence-corrected chi connectivity index (χ2v) is 7.08. The van der Waals surface area contributed by atoms with Gasteiger partial charge in [-0.25, -0.2) is 9.98 Å². The number of piperidine rings is 1. The maximum absolute atomic E-state index is 5.17. The summed E-state index contributed by atoms with van der Waals surface area (Å²) >= 11 is 0. The first kappa shape index (κ1) is 23.0. The van der Waals surface area contributed by atoms with Gasteiger partial charge in [-0.3, -0.25) is 4.90 Å². The smallest absolute Gasteiger partial charge is 0.213 e. The molecule has 0 unspecified atom stereocenters. The first-order valence-corrected chi connectivity index (χ1v) is 9.32. The van der Waals surface area contributed by atoms with E-state index in [0.717, 1.165) is 24.7 Å². The summed E-state index contributed by atoms with van der Waals surface area (Å²) in [4.78, 5) is 11.7. The Morgan fingerprint density at radius 1 is 1.23 bits per heavy atom. The molecule has 1 aliphatic heterocycles. The van der Waals surface area contributed by atoms with Crippen molar-refractivity contribution < 1.29 is 4.74 Å². The zero-order valence-corrected chi connectivity index (χ0v) is 18.9. The molecule has 2 heterocycles. The summed E-state index contributed by atoms with van der Waals surface area (Å²) in [6.07, 6.45) is 3.97. The third kappa shape index (κ3) is 7.26. The summed E-state index contributed by atoms with van der Waals surface area (Å²) < 4.78 is 5.17. The molecule has 148 valence electrons. The standard InChI is InChI=1S/C19H33N5O.HI/c1-5-20-18(21-14-16-10-9-11-17(23-16)25-4)22-15-19(2,3)24-12-7-6-8-13-24;/h9-11H,5-8,12-15H2,1-4H3,(H2,20,21,22);1H. The van der Waals surface area contributed by atoms with Gasteiger partial charge in [0.25, 0.3) is 0 Å². The highest BCUT2D eigenvalue weighted by Gasteiger charge is 2.27. The van der Waals surface area contributed by atoms with Crippen LogP contribution in [0.25, 0.3) is 0 Å². The number of halogens is 1. The second-order valence-electron chi connectivity index (χ2n) is 7.08. The van der Waals surface area contributed by atoms with Crippen LogP contribution in [0.4, 0.5) is 0 Å². The zero-order valence-electron chi connectivity index (χ0n) is 16.5. The summed E-state index contributed by atoms with van der Waals surface area (Å²) in [5.74, 6) is 1.45. The minimum atomic E-state index is 0. The van der Waals surface area contributed by atoms with Crippen molar-refractivity contribution >= 4 is 29.9 Å². The topological polar surface area (TPSA) is 61.8 Å². The lowest BCUT2D eigenvalue weighted by Crippen LogP contribution is -2.54. The molecule has 0 spiro atoms. The van der Waals surface area contributed by atoms with E-state index in [1.54, 1.807) is 7.11 Å². The van der Waals surface area contributed by atoms with E-state index in [1.807, 2.05) is 18.2 Å². The number of pyridine rings is 1. The highest BCUT2D eigenvalue weighted by atomic mass is 127. The number of likely N-dealkylation sites (tertiary alicyclic amines) is 1. The van der Waals surface area contributed by atoms with Gasteiger partial charge in [-0.05, 0) is 52.8 Å². The largest absolute Gasteiger partial charge is 0.481 e. The van der Waals surface area contributed by atoms with Crippen molar-refractivity contribution in [2.24, 2.45) is 4.99 Å². The Morgan fingerprint density at radius 2 is 1.96 bits per heavy atom. The van der Waals surface area contributed by atoms with Crippen molar-refractivity contribution in [3.05, 3.63) is 23.9 Å². The van der Waals surface area contributed by atoms with E-state index in [2.05, 4.69) is 46.3 Å². The van der Waals surface area contributed by atoms with E-state index in [4.69, 9.17) is 4.74 Å². The van der Waals surface area contributed by atoms with Crippen LogP contribution in [-0.2, 0) is 6.54 Å². The Labute approximate surface area is 175 Å². The lowest BCUT2D eigenvalue weighted by atomic mass is 9.98. The lowest BCUT2D eigenvalue weighted by molar-refractivity contribution is 0.0982. The molecular formula is C19H34IN5O. The maximum atomic E-state index is 5.17. The number of hydrogen-bond donors (Lipinski definition) is 2. The number of aromatic nitrogens is 1. The molecule has 1 saturated heterocycles. The van der Waals surface area contributed by atoms with Gasteiger partial charge in [0.05, 0.1) is 19.3 Å². The molecule has 0 saturated carbocycles. The van der Waals surface area contributed by atoms with E-state index in [9.17, 15) is 0 Å². The summed E-state index contributed by atoms with van der Waals surface area (Å²) in [7, 11) is 1.63. The molecule has 26 heavy (non-hydrogen) atoms. The SMILES string of the molecule is CCNC(=NCc1cccc(OC)n1)NCC(C)(C)N1CCCCC1.I. The number of nitrogens with zero attached hydrogens (tertiary/aromatic N) is 3. The van der Waals surface area contributed by atoms with Gasteiger partial charge in [0.15, 0.2) is 5.96 Å². The average Bonchev–Trinajstić information content (AvgIpc) is 2.65. The van der Waals surface area contributed by atoms with Gasteiger partial charge in [-0.1, -0.05) is 12.5 Å². The highest BCUT2D eigenvalue weighted by Crippen LogP contribution is 2.19. The Bertz CT molecular complexity index is 559. The van der Waals surface area contributed by atoms with E-state index < -0.39 is 0 Å². The molecule has 0 amide bonds. The molecule has 1 aromatic heterocycles. The Hall–Kier alpha value is -1.09. The highest BCUT2D eigenvalue weighted by molar-refractivity contribution is 14.0. The average molecular weight is 475 g/mol. The molecule has 0 radical (unpaired) electrons. The van der Waals surface area contributed by atoms with Crippen LogP contribution in [0.15, 0.2) is 23.2 Å².